The molecule has 1 N–H and O–H groups in total. The van der Waals surface area contributed by atoms with Gasteiger partial charge in [-0.1, -0.05) is 12.1 Å². The number of carbonyl (C=O) groups excluding carboxylic acids is 1. The van der Waals surface area contributed by atoms with E-state index in [1.165, 1.54) is 24.1 Å². The summed E-state index contributed by atoms with van der Waals surface area (Å²) >= 11 is 0. The third kappa shape index (κ3) is 2.20. The first-order valence-corrected chi connectivity index (χ1v) is 5.42. The minimum Gasteiger partial charge on any atom is -0.383 e. The van der Waals surface area contributed by atoms with E-state index in [1.807, 2.05) is 0 Å². The van der Waals surface area contributed by atoms with E-state index in [4.69, 9.17) is 0 Å². The van der Waals surface area contributed by atoms with Gasteiger partial charge in [-0.15, -0.1) is 0 Å². The van der Waals surface area contributed by atoms with Crippen molar-refractivity contribution in [3.05, 3.63) is 35.4 Å². The number of hydrogen-bond acceptors (Lipinski definition) is 2. The van der Waals surface area contributed by atoms with Crippen LogP contribution in [0.5, 0.6) is 0 Å². The van der Waals surface area contributed by atoms with E-state index < -0.39 is 29.8 Å². The summed E-state index contributed by atoms with van der Waals surface area (Å²) in [5.41, 5.74) is -0.362. The maximum absolute atomic E-state index is 12.6. The van der Waals surface area contributed by atoms with Crippen LogP contribution in [0.3, 0.4) is 0 Å². The molecule has 0 aliphatic carbocycles. The van der Waals surface area contributed by atoms with Crippen molar-refractivity contribution in [3.8, 4) is 0 Å². The molecule has 2 rings (SSSR count). The summed E-state index contributed by atoms with van der Waals surface area (Å²) in [5.74, 6) is -0.461. The van der Waals surface area contributed by atoms with Crippen LogP contribution in [-0.2, 0) is 11.0 Å². The Morgan fingerprint density at radius 3 is 2.56 bits per heavy atom. The highest BCUT2D eigenvalue weighted by molar-refractivity contribution is 5.83. The second-order valence-electron chi connectivity index (χ2n) is 4.34. The monoisotopic (exact) mass is 259 g/mol. The Hall–Kier alpha value is -1.56. The Morgan fingerprint density at radius 1 is 1.39 bits per heavy atom. The van der Waals surface area contributed by atoms with Gasteiger partial charge in [0.15, 0.2) is 0 Å². The molecule has 1 fully saturated rings. The number of carbonyl (C=O) groups is 1. The molecule has 1 heterocycles. The van der Waals surface area contributed by atoms with Crippen molar-refractivity contribution < 1.29 is 23.1 Å². The Bertz CT molecular complexity index is 473. The van der Waals surface area contributed by atoms with Crippen LogP contribution in [0.25, 0.3) is 0 Å². The average Bonchev–Trinajstić information content (AvgIpc) is 2.56. The van der Waals surface area contributed by atoms with Crippen molar-refractivity contribution in [3.63, 3.8) is 0 Å². The number of alkyl halides is 3. The molecule has 0 bridgehead atoms. The molecule has 1 amide bonds. The zero-order chi connectivity index (χ0) is 13.5. The van der Waals surface area contributed by atoms with Crippen LogP contribution in [0, 0.1) is 0 Å². The van der Waals surface area contributed by atoms with Gasteiger partial charge in [0.25, 0.3) is 5.91 Å². The molecular formula is C12H12F3NO2. The number of nitrogens with zero attached hydrogens (tertiary/aromatic N) is 1. The molecule has 98 valence electrons. The Labute approximate surface area is 102 Å². The fourth-order valence-corrected chi connectivity index (χ4v) is 2.14. The number of rotatable bonds is 1. The molecule has 2 atom stereocenters. The van der Waals surface area contributed by atoms with Crippen molar-refractivity contribution in [1.82, 2.24) is 4.90 Å². The highest BCUT2D eigenvalue weighted by atomic mass is 19.4. The zero-order valence-corrected chi connectivity index (χ0v) is 9.61. The molecule has 1 aliphatic heterocycles. The Balaban J connectivity index is 2.33. The fraction of sp³-hybridized carbons (Fsp3) is 0.417. The number of hydrogen-bond donors (Lipinski definition) is 1. The number of aliphatic hydroxyl groups excluding tert-OH is 1. The van der Waals surface area contributed by atoms with Gasteiger partial charge in [-0.2, -0.15) is 13.2 Å². The number of likely N-dealkylation sites (tertiary alicyclic amines) is 1. The summed E-state index contributed by atoms with van der Waals surface area (Å²) in [5, 5.41) is 9.42. The quantitative estimate of drug-likeness (QED) is 0.837. The van der Waals surface area contributed by atoms with Gasteiger partial charge in [0, 0.05) is 13.5 Å². The van der Waals surface area contributed by atoms with Crippen LogP contribution in [0.2, 0.25) is 0 Å². The molecule has 6 heteroatoms. The molecule has 0 spiro atoms. The number of likely N-dealkylation sites (N-methyl/N-ethyl adjacent to an activating group) is 1. The second-order valence-corrected chi connectivity index (χ2v) is 4.34. The van der Waals surface area contributed by atoms with Gasteiger partial charge in [-0.3, -0.25) is 4.79 Å². The van der Waals surface area contributed by atoms with E-state index in [-0.39, 0.29) is 6.42 Å². The molecule has 0 saturated carbocycles. The topological polar surface area (TPSA) is 40.5 Å². The van der Waals surface area contributed by atoms with Crippen LogP contribution >= 0.6 is 0 Å². The summed E-state index contributed by atoms with van der Waals surface area (Å²) in [6.07, 6.45) is -5.42. The van der Waals surface area contributed by atoms with Gasteiger partial charge in [0.2, 0.25) is 0 Å². The zero-order valence-electron chi connectivity index (χ0n) is 9.61. The molecule has 0 radical (unpaired) electrons. The number of amides is 1. The summed E-state index contributed by atoms with van der Waals surface area (Å²) in [4.78, 5) is 12.7. The second kappa shape index (κ2) is 4.28. The Kier molecular flexibility index (Phi) is 3.06. The molecule has 2 unspecified atom stereocenters. The van der Waals surface area contributed by atoms with Crippen molar-refractivity contribution in [2.45, 2.75) is 24.7 Å². The van der Waals surface area contributed by atoms with E-state index in [2.05, 4.69) is 0 Å². The van der Waals surface area contributed by atoms with Crippen LogP contribution in [-0.4, -0.2) is 29.1 Å². The summed E-state index contributed by atoms with van der Waals surface area (Å²) in [7, 11) is 1.48. The van der Waals surface area contributed by atoms with Crippen molar-refractivity contribution in [1.29, 1.82) is 0 Å². The van der Waals surface area contributed by atoms with Gasteiger partial charge in [-0.25, -0.2) is 0 Å². The van der Waals surface area contributed by atoms with Gasteiger partial charge in [0.1, 0.15) is 6.10 Å². The standard InChI is InChI=1S/C12H12F3NO2/c1-16-9(6-10(17)11(16)18)7-3-2-4-8(5-7)12(13,14)15/h2-5,9-10,17H,6H2,1H3. The normalized spacial score (nSPS) is 24.7. The summed E-state index contributed by atoms with van der Waals surface area (Å²) in [6, 6.07) is 4.33. The first-order valence-electron chi connectivity index (χ1n) is 5.42. The maximum atomic E-state index is 12.6. The lowest BCUT2D eigenvalue weighted by Gasteiger charge is -2.20. The SMILES string of the molecule is CN1C(=O)C(O)CC1c1cccc(C(F)(F)F)c1. The van der Waals surface area contributed by atoms with Gasteiger partial charge >= 0.3 is 6.18 Å². The lowest BCUT2D eigenvalue weighted by Crippen LogP contribution is -2.26. The third-order valence-electron chi connectivity index (χ3n) is 3.15. The largest absolute Gasteiger partial charge is 0.416 e. The molecule has 1 aliphatic rings. The first kappa shape index (κ1) is 12.9. The van der Waals surface area contributed by atoms with Crippen LogP contribution in [0.15, 0.2) is 24.3 Å². The fourth-order valence-electron chi connectivity index (χ4n) is 2.14. The van der Waals surface area contributed by atoms with E-state index in [0.29, 0.717) is 5.56 Å². The Morgan fingerprint density at radius 2 is 2.06 bits per heavy atom. The first-order chi connectivity index (χ1) is 8.30. The highest BCUT2D eigenvalue weighted by Gasteiger charge is 2.38. The average molecular weight is 259 g/mol. The molecule has 1 saturated heterocycles. The van der Waals surface area contributed by atoms with E-state index in [0.717, 1.165) is 12.1 Å². The van der Waals surface area contributed by atoms with Gasteiger partial charge < -0.3 is 10.0 Å². The van der Waals surface area contributed by atoms with Crippen molar-refractivity contribution >= 4 is 5.91 Å². The molecule has 1 aromatic rings. The predicted octanol–water partition coefficient (Wildman–Crippen LogP) is 1.97. The number of halogens is 3. The maximum Gasteiger partial charge on any atom is 0.416 e. The van der Waals surface area contributed by atoms with E-state index in [1.54, 1.807) is 0 Å². The summed E-state index contributed by atoms with van der Waals surface area (Å²) < 4.78 is 37.7. The number of benzene rings is 1. The van der Waals surface area contributed by atoms with E-state index in [9.17, 15) is 23.1 Å². The molecule has 3 nitrogen and oxygen atoms in total. The smallest absolute Gasteiger partial charge is 0.383 e. The molecule has 18 heavy (non-hydrogen) atoms. The third-order valence-corrected chi connectivity index (χ3v) is 3.15. The molecule has 1 aromatic carbocycles. The predicted molar refractivity (Wildman–Crippen MR) is 57.6 cm³/mol. The van der Waals surface area contributed by atoms with Crippen LogP contribution in [0.1, 0.15) is 23.6 Å². The molecular weight excluding hydrogens is 247 g/mol. The summed E-state index contributed by atoms with van der Waals surface area (Å²) in [6.45, 7) is 0. The number of aliphatic hydroxyl groups is 1. The minimum absolute atomic E-state index is 0.122. The van der Waals surface area contributed by atoms with Crippen LogP contribution in [0.4, 0.5) is 13.2 Å². The van der Waals surface area contributed by atoms with E-state index >= 15 is 0 Å². The van der Waals surface area contributed by atoms with Crippen molar-refractivity contribution in [2.75, 3.05) is 7.05 Å². The van der Waals surface area contributed by atoms with Crippen molar-refractivity contribution in [2.24, 2.45) is 0 Å². The minimum atomic E-state index is -4.41. The van der Waals surface area contributed by atoms with Crippen LogP contribution < -0.4 is 0 Å². The van der Waals surface area contributed by atoms with Gasteiger partial charge in [0.05, 0.1) is 11.6 Å². The lowest BCUT2D eigenvalue weighted by molar-refractivity contribution is -0.137. The molecule has 0 aromatic heterocycles. The lowest BCUT2D eigenvalue weighted by atomic mass is 10.0. The highest BCUT2D eigenvalue weighted by Crippen LogP contribution is 2.35. The van der Waals surface area contributed by atoms with Gasteiger partial charge in [-0.05, 0) is 17.7 Å².